The highest BCUT2D eigenvalue weighted by molar-refractivity contribution is 6.29. The van der Waals surface area contributed by atoms with Gasteiger partial charge in [-0.2, -0.15) is 5.10 Å². The monoisotopic (exact) mass is 321 g/mol. The number of amides is 1. The average molecular weight is 322 g/mol. The fourth-order valence-electron chi connectivity index (χ4n) is 2.35. The van der Waals surface area contributed by atoms with Crippen molar-refractivity contribution >= 4 is 17.5 Å². The lowest BCUT2D eigenvalue weighted by Crippen LogP contribution is -2.24. The minimum Gasteiger partial charge on any atom is -0.346 e. The molecule has 6 nitrogen and oxygen atoms in total. The molecule has 1 N–H and O–H groups in total. The van der Waals surface area contributed by atoms with E-state index in [1.165, 1.54) is 6.20 Å². The van der Waals surface area contributed by atoms with Crippen LogP contribution < -0.4 is 5.32 Å². The zero-order valence-electron chi connectivity index (χ0n) is 13.0. The van der Waals surface area contributed by atoms with Crippen LogP contribution in [0.3, 0.4) is 0 Å². The molecule has 0 atom stereocenters. The molecular formula is C15H20ClN5O. The van der Waals surface area contributed by atoms with Gasteiger partial charge in [-0.1, -0.05) is 25.4 Å². The first-order chi connectivity index (χ1) is 10.6. The van der Waals surface area contributed by atoms with Gasteiger partial charge < -0.3 is 5.32 Å². The van der Waals surface area contributed by atoms with E-state index in [0.717, 1.165) is 18.5 Å². The first kappa shape index (κ1) is 16.4. The van der Waals surface area contributed by atoms with Gasteiger partial charge in [-0.3, -0.25) is 14.5 Å². The standard InChI is InChI=1S/C15H20ClN5O/c1-4-12(5-2)21-10(3)13(8-20-21)15(22)19-7-11-6-18-14(16)9-17-11/h6,8-9,12H,4-5,7H2,1-3H3,(H,19,22). The van der Waals surface area contributed by atoms with Gasteiger partial charge in [0.25, 0.3) is 5.91 Å². The lowest BCUT2D eigenvalue weighted by Gasteiger charge is -2.15. The number of nitrogens with zero attached hydrogens (tertiary/aromatic N) is 4. The Labute approximate surface area is 134 Å². The number of hydrogen-bond donors (Lipinski definition) is 1. The summed E-state index contributed by atoms with van der Waals surface area (Å²) in [5.74, 6) is -0.161. The Morgan fingerprint density at radius 1 is 1.27 bits per heavy atom. The van der Waals surface area contributed by atoms with E-state index in [1.807, 2.05) is 11.6 Å². The van der Waals surface area contributed by atoms with Crippen LogP contribution >= 0.6 is 11.6 Å². The van der Waals surface area contributed by atoms with Gasteiger partial charge in [-0.05, 0) is 19.8 Å². The summed E-state index contributed by atoms with van der Waals surface area (Å²) in [5, 5.41) is 7.51. The van der Waals surface area contributed by atoms with Crippen molar-refractivity contribution < 1.29 is 4.79 Å². The third-order valence-corrected chi connectivity index (χ3v) is 3.88. The smallest absolute Gasteiger partial charge is 0.255 e. The van der Waals surface area contributed by atoms with Crippen LogP contribution in [0.1, 0.15) is 54.5 Å². The normalized spacial score (nSPS) is 11.0. The largest absolute Gasteiger partial charge is 0.346 e. The van der Waals surface area contributed by atoms with E-state index in [0.29, 0.717) is 29.0 Å². The van der Waals surface area contributed by atoms with Gasteiger partial charge in [0.2, 0.25) is 0 Å². The Hall–Kier alpha value is -1.95. The molecule has 0 radical (unpaired) electrons. The molecule has 0 saturated carbocycles. The van der Waals surface area contributed by atoms with E-state index >= 15 is 0 Å². The van der Waals surface area contributed by atoms with E-state index in [-0.39, 0.29) is 5.91 Å². The molecule has 0 aliphatic heterocycles. The van der Waals surface area contributed by atoms with E-state index in [9.17, 15) is 4.79 Å². The zero-order chi connectivity index (χ0) is 16.1. The number of carbonyl (C=O) groups is 1. The van der Waals surface area contributed by atoms with E-state index in [2.05, 4.69) is 34.2 Å². The van der Waals surface area contributed by atoms with Crippen LogP contribution in [-0.2, 0) is 6.54 Å². The SMILES string of the molecule is CCC(CC)n1ncc(C(=O)NCc2cnc(Cl)cn2)c1C. The molecule has 1 amide bonds. The maximum absolute atomic E-state index is 12.3. The van der Waals surface area contributed by atoms with Gasteiger partial charge in [0.1, 0.15) is 5.15 Å². The molecule has 2 rings (SSSR count). The zero-order valence-corrected chi connectivity index (χ0v) is 13.8. The molecule has 2 aromatic rings. The molecule has 0 fully saturated rings. The second kappa shape index (κ2) is 7.35. The highest BCUT2D eigenvalue weighted by Crippen LogP contribution is 2.19. The van der Waals surface area contributed by atoms with Crippen LogP contribution in [0, 0.1) is 6.92 Å². The fourth-order valence-corrected chi connectivity index (χ4v) is 2.44. The van der Waals surface area contributed by atoms with Gasteiger partial charge in [-0.25, -0.2) is 4.98 Å². The molecule has 0 aromatic carbocycles. The molecule has 0 aliphatic carbocycles. The predicted octanol–water partition coefficient (Wildman–Crippen LogP) is 2.93. The molecule has 118 valence electrons. The highest BCUT2D eigenvalue weighted by Gasteiger charge is 2.17. The van der Waals surface area contributed by atoms with E-state index in [1.54, 1.807) is 12.4 Å². The van der Waals surface area contributed by atoms with Crippen LogP contribution in [-0.4, -0.2) is 25.7 Å². The van der Waals surface area contributed by atoms with Gasteiger partial charge in [0.15, 0.2) is 0 Å². The Morgan fingerprint density at radius 3 is 2.59 bits per heavy atom. The second-order valence-corrected chi connectivity index (χ2v) is 5.46. The highest BCUT2D eigenvalue weighted by atomic mass is 35.5. The van der Waals surface area contributed by atoms with Crippen molar-refractivity contribution in [1.29, 1.82) is 0 Å². The van der Waals surface area contributed by atoms with Crippen molar-refractivity contribution in [3.8, 4) is 0 Å². The molecular weight excluding hydrogens is 302 g/mol. The maximum Gasteiger partial charge on any atom is 0.255 e. The molecule has 0 spiro atoms. The van der Waals surface area contributed by atoms with Gasteiger partial charge >= 0.3 is 0 Å². The van der Waals surface area contributed by atoms with Crippen molar-refractivity contribution in [2.75, 3.05) is 0 Å². The number of rotatable bonds is 6. The molecule has 0 saturated heterocycles. The number of nitrogens with one attached hydrogen (secondary N) is 1. The van der Waals surface area contributed by atoms with Crippen molar-refractivity contribution in [2.45, 2.75) is 46.2 Å². The first-order valence-electron chi connectivity index (χ1n) is 7.35. The van der Waals surface area contributed by atoms with E-state index < -0.39 is 0 Å². The molecule has 2 heterocycles. The summed E-state index contributed by atoms with van der Waals surface area (Å²) in [5.41, 5.74) is 2.13. The Balaban J connectivity index is 2.05. The number of carbonyl (C=O) groups excluding carboxylic acids is 1. The van der Waals surface area contributed by atoms with Crippen LogP contribution in [0.5, 0.6) is 0 Å². The predicted molar refractivity (Wildman–Crippen MR) is 84.8 cm³/mol. The van der Waals surface area contributed by atoms with Crippen LogP contribution in [0.2, 0.25) is 5.15 Å². The van der Waals surface area contributed by atoms with Crippen molar-refractivity contribution in [1.82, 2.24) is 25.1 Å². The van der Waals surface area contributed by atoms with E-state index in [4.69, 9.17) is 11.6 Å². The number of halogens is 1. The molecule has 0 aliphatic rings. The molecule has 2 aromatic heterocycles. The Morgan fingerprint density at radius 2 is 2.00 bits per heavy atom. The molecule has 0 unspecified atom stereocenters. The summed E-state index contributed by atoms with van der Waals surface area (Å²) in [6, 6.07) is 0.323. The third kappa shape index (κ3) is 3.62. The third-order valence-electron chi connectivity index (χ3n) is 3.68. The molecule has 0 bridgehead atoms. The van der Waals surface area contributed by atoms with Gasteiger partial charge in [0, 0.05) is 5.69 Å². The van der Waals surface area contributed by atoms with Crippen molar-refractivity contribution in [3.05, 3.63) is 40.7 Å². The van der Waals surface area contributed by atoms with Crippen LogP contribution in [0.25, 0.3) is 0 Å². The lowest BCUT2D eigenvalue weighted by molar-refractivity contribution is 0.0949. The summed E-state index contributed by atoms with van der Waals surface area (Å²) in [6.45, 7) is 6.46. The fraction of sp³-hybridized carbons (Fsp3) is 0.467. The summed E-state index contributed by atoms with van der Waals surface area (Å²) in [4.78, 5) is 20.3. The maximum atomic E-state index is 12.3. The number of hydrogen-bond acceptors (Lipinski definition) is 4. The quantitative estimate of drug-likeness (QED) is 0.887. The number of aromatic nitrogens is 4. The van der Waals surface area contributed by atoms with Crippen LogP contribution in [0.15, 0.2) is 18.6 Å². The van der Waals surface area contributed by atoms with Gasteiger partial charge in [-0.15, -0.1) is 0 Å². The molecule has 7 heteroatoms. The average Bonchev–Trinajstić information content (AvgIpc) is 2.90. The lowest BCUT2D eigenvalue weighted by atomic mass is 10.1. The summed E-state index contributed by atoms with van der Waals surface area (Å²) in [7, 11) is 0. The summed E-state index contributed by atoms with van der Waals surface area (Å²) in [6.07, 6.45) is 6.60. The first-order valence-corrected chi connectivity index (χ1v) is 7.73. The summed E-state index contributed by atoms with van der Waals surface area (Å²) < 4.78 is 1.93. The summed E-state index contributed by atoms with van der Waals surface area (Å²) >= 11 is 5.68. The van der Waals surface area contributed by atoms with Crippen molar-refractivity contribution in [2.24, 2.45) is 0 Å². The Bertz CT molecular complexity index is 634. The minimum absolute atomic E-state index is 0.161. The van der Waals surface area contributed by atoms with Crippen LogP contribution in [0.4, 0.5) is 0 Å². The minimum atomic E-state index is -0.161. The second-order valence-electron chi connectivity index (χ2n) is 5.07. The van der Waals surface area contributed by atoms with Crippen molar-refractivity contribution in [3.63, 3.8) is 0 Å². The topological polar surface area (TPSA) is 72.7 Å². The molecule has 22 heavy (non-hydrogen) atoms. The Kier molecular flexibility index (Phi) is 5.49. The van der Waals surface area contributed by atoms with Gasteiger partial charge in [0.05, 0.1) is 42.4 Å².